The van der Waals surface area contributed by atoms with Gasteiger partial charge in [0.1, 0.15) is 0 Å². The molecule has 0 saturated heterocycles. The predicted molar refractivity (Wildman–Crippen MR) is 60.8 cm³/mol. The standard InChI is InChI=1S/C12H14O6/c1-2-3-8-16-18-17-12(15)10-6-4-9(5-7-10)11(13)14/h4-7H,2-3,8H2,1H3,(H,13,14). The van der Waals surface area contributed by atoms with E-state index in [1.165, 1.54) is 24.3 Å². The molecule has 0 unspecified atom stereocenters. The molecule has 0 radical (unpaired) electrons. The molecule has 0 amide bonds. The van der Waals surface area contributed by atoms with Crippen LogP contribution in [-0.2, 0) is 14.8 Å². The molecule has 0 bridgehead atoms. The van der Waals surface area contributed by atoms with E-state index in [1.54, 1.807) is 0 Å². The number of carboxylic acids is 1. The average molecular weight is 254 g/mol. The SMILES string of the molecule is CCCCOOOC(=O)c1ccc(C(=O)O)cc1. The van der Waals surface area contributed by atoms with Gasteiger partial charge >= 0.3 is 11.9 Å². The molecule has 98 valence electrons. The Morgan fingerprint density at radius 1 is 1.17 bits per heavy atom. The highest BCUT2D eigenvalue weighted by atomic mass is 17.5. The smallest absolute Gasteiger partial charge is 0.376 e. The van der Waals surface area contributed by atoms with Crippen LogP contribution in [0.25, 0.3) is 0 Å². The summed E-state index contributed by atoms with van der Waals surface area (Å²) in [7, 11) is 0. The van der Waals surface area contributed by atoms with Crippen molar-refractivity contribution in [2.75, 3.05) is 6.61 Å². The van der Waals surface area contributed by atoms with Gasteiger partial charge in [0, 0.05) is 0 Å². The summed E-state index contributed by atoms with van der Waals surface area (Å²) in [6, 6.07) is 5.27. The Labute approximate surface area is 104 Å². The second-order valence-electron chi connectivity index (χ2n) is 3.50. The van der Waals surface area contributed by atoms with Crippen LogP contribution in [0.5, 0.6) is 0 Å². The number of carbonyl (C=O) groups excluding carboxylic acids is 1. The molecule has 18 heavy (non-hydrogen) atoms. The first-order valence-corrected chi connectivity index (χ1v) is 5.49. The number of carbonyl (C=O) groups is 2. The quantitative estimate of drug-likeness (QED) is 0.456. The fourth-order valence-corrected chi connectivity index (χ4v) is 1.09. The number of unbranched alkanes of at least 4 members (excludes halogenated alkanes) is 1. The molecule has 0 aliphatic rings. The van der Waals surface area contributed by atoms with Crippen molar-refractivity contribution in [2.24, 2.45) is 0 Å². The molecule has 0 fully saturated rings. The van der Waals surface area contributed by atoms with Crippen molar-refractivity contribution >= 4 is 11.9 Å². The molecular formula is C12H14O6. The van der Waals surface area contributed by atoms with E-state index in [1.807, 2.05) is 6.92 Å². The summed E-state index contributed by atoms with van der Waals surface area (Å²) in [5.74, 6) is -1.81. The molecule has 0 aliphatic carbocycles. The lowest BCUT2D eigenvalue weighted by molar-refractivity contribution is -0.481. The maximum Gasteiger partial charge on any atom is 0.376 e. The summed E-state index contributed by atoms with van der Waals surface area (Å²) < 4.78 is 0. The molecule has 1 aromatic carbocycles. The normalized spacial score (nSPS) is 10.1. The van der Waals surface area contributed by atoms with Crippen molar-refractivity contribution in [3.05, 3.63) is 35.4 Å². The summed E-state index contributed by atoms with van der Waals surface area (Å²) in [6.45, 7) is 2.32. The second-order valence-corrected chi connectivity index (χ2v) is 3.50. The van der Waals surface area contributed by atoms with E-state index in [2.05, 4.69) is 14.8 Å². The fourth-order valence-electron chi connectivity index (χ4n) is 1.09. The van der Waals surface area contributed by atoms with Gasteiger partial charge in [-0.1, -0.05) is 13.3 Å². The average Bonchev–Trinajstić information content (AvgIpc) is 2.38. The maximum atomic E-state index is 11.4. The molecule has 0 spiro atoms. The first-order valence-electron chi connectivity index (χ1n) is 5.49. The number of hydrogen-bond acceptors (Lipinski definition) is 5. The zero-order valence-corrected chi connectivity index (χ0v) is 9.92. The van der Waals surface area contributed by atoms with Gasteiger partial charge < -0.3 is 5.11 Å². The van der Waals surface area contributed by atoms with Gasteiger partial charge in [0.2, 0.25) is 0 Å². The van der Waals surface area contributed by atoms with Crippen molar-refractivity contribution in [1.29, 1.82) is 0 Å². The molecule has 6 nitrogen and oxygen atoms in total. The topological polar surface area (TPSA) is 82.1 Å². The molecule has 0 atom stereocenters. The van der Waals surface area contributed by atoms with Crippen LogP contribution in [-0.4, -0.2) is 23.7 Å². The first kappa shape index (κ1) is 14.1. The number of rotatable bonds is 7. The molecule has 1 rings (SSSR count). The number of hydrogen-bond donors (Lipinski definition) is 1. The van der Waals surface area contributed by atoms with E-state index in [0.29, 0.717) is 6.61 Å². The van der Waals surface area contributed by atoms with Crippen LogP contribution in [0.4, 0.5) is 0 Å². The Morgan fingerprint density at radius 2 is 1.78 bits per heavy atom. The Kier molecular flexibility index (Phi) is 5.83. The summed E-state index contributed by atoms with van der Waals surface area (Å²) in [5.41, 5.74) is 0.269. The minimum absolute atomic E-state index is 0.0895. The van der Waals surface area contributed by atoms with Gasteiger partial charge in [-0.25, -0.2) is 9.59 Å². The molecular weight excluding hydrogens is 240 g/mol. The lowest BCUT2D eigenvalue weighted by Gasteiger charge is -2.02. The fraction of sp³-hybridized carbons (Fsp3) is 0.333. The van der Waals surface area contributed by atoms with Crippen LogP contribution in [0.3, 0.4) is 0 Å². The lowest BCUT2D eigenvalue weighted by Crippen LogP contribution is -2.08. The van der Waals surface area contributed by atoms with Gasteiger partial charge in [-0.2, -0.15) is 4.89 Å². The molecule has 0 heterocycles. The summed E-state index contributed by atoms with van der Waals surface area (Å²) in [5, 5.41) is 12.9. The van der Waals surface area contributed by atoms with Crippen molar-refractivity contribution in [2.45, 2.75) is 19.8 Å². The van der Waals surface area contributed by atoms with Crippen LogP contribution in [0.15, 0.2) is 24.3 Å². The minimum Gasteiger partial charge on any atom is -0.478 e. The van der Waals surface area contributed by atoms with Gasteiger partial charge in [0.25, 0.3) is 0 Å². The third-order valence-corrected chi connectivity index (χ3v) is 2.11. The Hall–Kier alpha value is -1.92. The van der Waals surface area contributed by atoms with Crippen LogP contribution < -0.4 is 0 Å². The highest BCUT2D eigenvalue weighted by Crippen LogP contribution is 2.06. The van der Waals surface area contributed by atoms with E-state index in [4.69, 9.17) is 5.11 Å². The van der Waals surface area contributed by atoms with Crippen LogP contribution in [0.2, 0.25) is 0 Å². The third-order valence-electron chi connectivity index (χ3n) is 2.11. The van der Waals surface area contributed by atoms with Gasteiger partial charge in [0.15, 0.2) is 0 Å². The first-order chi connectivity index (χ1) is 8.65. The minimum atomic E-state index is -1.06. The molecule has 1 N–H and O–H groups in total. The van der Waals surface area contributed by atoms with Crippen molar-refractivity contribution in [3.8, 4) is 0 Å². The van der Waals surface area contributed by atoms with Crippen molar-refractivity contribution < 1.29 is 29.5 Å². The Bertz CT molecular complexity index is 398. The lowest BCUT2D eigenvalue weighted by atomic mass is 10.1. The summed E-state index contributed by atoms with van der Waals surface area (Å²) >= 11 is 0. The van der Waals surface area contributed by atoms with E-state index in [9.17, 15) is 9.59 Å². The summed E-state index contributed by atoms with van der Waals surface area (Å²) in [4.78, 5) is 30.9. The van der Waals surface area contributed by atoms with Crippen LogP contribution in [0.1, 0.15) is 40.5 Å². The van der Waals surface area contributed by atoms with E-state index < -0.39 is 11.9 Å². The molecule has 6 heteroatoms. The van der Waals surface area contributed by atoms with Crippen molar-refractivity contribution in [1.82, 2.24) is 0 Å². The largest absolute Gasteiger partial charge is 0.478 e. The van der Waals surface area contributed by atoms with E-state index >= 15 is 0 Å². The van der Waals surface area contributed by atoms with E-state index in [0.717, 1.165) is 12.8 Å². The van der Waals surface area contributed by atoms with E-state index in [-0.39, 0.29) is 11.1 Å². The molecule has 1 aromatic rings. The molecule has 0 saturated carbocycles. The van der Waals surface area contributed by atoms with Crippen LogP contribution >= 0.6 is 0 Å². The highest BCUT2D eigenvalue weighted by molar-refractivity contribution is 5.92. The monoisotopic (exact) mass is 254 g/mol. The number of carboxylic acid groups (broad SMARTS) is 1. The maximum absolute atomic E-state index is 11.4. The zero-order chi connectivity index (χ0) is 13.4. The second kappa shape index (κ2) is 7.41. The molecule has 0 aromatic heterocycles. The number of benzene rings is 1. The van der Waals surface area contributed by atoms with Gasteiger partial charge in [0.05, 0.1) is 17.7 Å². The van der Waals surface area contributed by atoms with Gasteiger partial charge in [-0.15, -0.1) is 0 Å². The van der Waals surface area contributed by atoms with Crippen molar-refractivity contribution in [3.63, 3.8) is 0 Å². The zero-order valence-electron chi connectivity index (χ0n) is 9.92. The van der Waals surface area contributed by atoms with Gasteiger partial charge in [-0.3, -0.25) is 4.89 Å². The van der Waals surface area contributed by atoms with Gasteiger partial charge in [-0.05, 0) is 35.7 Å². The third kappa shape index (κ3) is 4.52. The number of aromatic carboxylic acids is 1. The summed E-state index contributed by atoms with van der Waals surface area (Å²) in [6.07, 6.45) is 1.73. The van der Waals surface area contributed by atoms with Crippen LogP contribution in [0, 0.1) is 0 Å². The Morgan fingerprint density at radius 3 is 2.33 bits per heavy atom. The predicted octanol–water partition coefficient (Wildman–Crippen LogP) is 2.20. The highest BCUT2D eigenvalue weighted by Gasteiger charge is 2.10. The molecule has 0 aliphatic heterocycles. The Balaban J connectivity index is 2.39.